The molecule has 2 amide bonds. The molecule has 0 spiro atoms. The highest BCUT2D eigenvalue weighted by atomic mass is 16.6. The Hall–Kier alpha value is -2.15. The number of nitrogens with zero attached hydrogens (tertiary/aromatic N) is 3. The van der Waals surface area contributed by atoms with Crippen LogP contribution >= 0.6 is 0 Å². The maximum atomic E-state index is 12.5. The number of hydrogen-bond acceptors (Lipinski definition) is 5. The third kappa shape index (κ3) is 6.82. The highest BCUT2D eigenvalue weighted by Gasteiger charge is 2.33. The van der Waals surface area contributed by atoms with Crippen LogP contribution in [0.25, 0.3) is 0 Å². The van der Waals surface area contributed by atoms with Gasteiger partial charge >= 0.3 is 6.09 Å². The number of unbranched alkanes of at least 4 members (excludes halogenated alkanes) is 1. The molecule has 1 N–H and O–H groups in total. The first-order chi connectivity index (χ1) is 12.8. The minimum Gasteiger partial charge on any atom is -0.444 e. The van der Waals surface area contributed by atoms with Gasteiger partial charge in [-0.1, -0.05) is 19.4 Å². The number of nitrogens with one attached hydrogen (secondary N) is 1. The van der Waals surface area contributed by atoms with Crippen LogP contribution in [0.4, 0.5) is 4.79 Å². The third-order valence-electron chi connectivity index (χ3n) is 4.41. The lowest BCUT2D eigenvalue weighted by atomic mass is 10.0. The van der Waals surface area contributed by atoms with Gasteiger partial charge in [0.2, 0.25) is 5.91 Å². The number of carbonyl (C=O) groups is 2. The topological polar surface area (TPSA) is 74.8 Å². The molecule has 1 aromatic rings. The fraction of sp³-hybridized carbons (Fsp3) is 0.650. The number of pyridine rings is 1. The zero-order valence-electron chi connectivity index (χ0n) is 16.9. The van der Waals surface area contributed by atoms with Gasteiger partial charge in [-0.15, -0.1) is 0 Å². The summed E-state index contributed by atoms with van der Waals surface area (Å²) in [5, 5.41) is 2.97. The predicted octanol–water partition coefficient (Wildman–Crippen LogP) is 2.59. The summed E-state index contributed by atoms with van der Waals surface area (Å²) < 4.78 is 5.52. The van der Waals surface area contributed by atoms with Gasteiger partial charge in [-0.2, -0.15) is 0 Å². The zero-order chi connectivity index (χ0) is 19.9. The first-order valence-electron chi connectivity index (χ1n) is 9.68. The van der Waals surface area contributed by atoms with Crippen LogP contribution in [-0.2, 0) is 9.53 Å². The molecule has 1 aromatic heterocycles. The van der Waals surface area contributed by atoms with Crippen molar-refractivity contribution < 1.29 is 14.3 Å². The van der Waals surface area contributed by atoms with Crippen molar-refractivity contribution in [1.82, 2.24) is 20.1 Å². The van der Waals surface area contributed by atoms with Crippen molar-refractivity contribution in [3.8, 4) is 0 Å². The highest BCUT2D eigenvalue weighted by Crippen LogP contribution is 2.25. The zero-order valence-corrected chi connectivity index (χ0v) is 16.9. The molecule has 2 heterocycles. The normalized spacial score (nSPS) is 18.2. The first kappa shape index (κ1) is 21.2. The Kier molecular flexibility index (Phi) is 7.59. The molecule has 1 fully saturated rings. The van der Waals surface area contributed by atoms with Gasteiger partial charge in [0.05, 0.1) is 12.6 Å². The maximum absolute atomic E-state index is 12.5. The smallest absolute Gasteiger partial charge is 0.410 e. The van der Waals surface area contributed by atoms with Crippen LogP contribution in [0.5, 0.6) is 0 Å². The standard InChI is InChI=1S/C20H32N4O3/c1-5-6-10-22-18(25)15-23-11-12-24(19(26)27-20(2,3)4)14-17(23)16-8-7-9-21-13-16/h7-9,13,17H,5-6,10-12,14-15H2,1-4H3,(H,22,25)/t17-/m1/s1. The molecule has 1 aliphatic heterocycles. The van der Waals surface area contributed by atoms with Crippen molar-refractivity contribution in [2.24, 2.45) is 0 Å². The van der Waals surface area contributed by atoms with Gasteiger partial charge in [0, 0.05) is 38.6 Å². The number of piperazine rings is 1. The summed E-state index contributed by atoms with van der Waals surface area (Å²) in [6.45, 7) is 10.3. The summed E-state index contributed by atoms with van der Waals surface area (Å²) in [6, 6.07) is 3.77. The van der Waals surface area contributed by atoms with Crippen molar-refractivity contribution in [1.29, 1.82) is 0 Å². The number of ether oxygens (including phenoxy) is 1. The van der Waals surface area contributed by atoms with E-state index in [-0.39, 0.29) is 18.0 Å². The molecular weight excluding hydrogens is 344 g/mol. The van der Waals surface area contributed by atoms with Gasteiger partial charge in [0.1, 0.15) is 5.60 Å². The van der Waals surface area contributed by atoms with Crippen LogP contribution in [0.15, 0.2) is 24.5 Å². The molecule has 1 atom stereocenters. The minimum absolute atomic E-state index is 0.0167. The van der Waals surface area contributed by atoms with E-state index in [2.05, 4.69) is 22.1 Å². The molecule has 150 valence electrons. The molecule has 27 heavy (non-hydrogen) atoms. The summed E-state index contributed by atoms with van der Waals surface area (Å²) in [5.41, 5.74) is 0.462. The Labute approximate surface area is 162 Å². The number of rotatable bonds is 6. The molecule has 2 rings (SSSR count). The second-order valence-electron chi connectivity index (χ2n) is 7.90. The van der Waals surface area contributed by atoms with Gasteiger partial charge in [-0.05, 0) is 38.8 Å². The van der Waals surface area contributed by atoms with Gasteiger partial charge in [-0.3, -0.25) is 14.7 Å². The Balaban J connectivity index is 2.07. The Bertz CT molecular complexity index is 615. The Morgan fingerprint density at radius 1 is 1.33 bits per heavy atom. The summed E-state index contributed by atoms with van der Waals surface area (Å²) in [5.74, 6) is 0.0167. The predicted molar refractivity (Wildman–Crippen MR) is 104 cm³/mol. The van der Waals surface area contributed by atoms with Crippen molar-refractivity contribution in [3.05, 3.63) is 30.1 Å². The van der Waals surface area contributed by atoms with Crippen LogP contribution in [0.3, 0.4) is 0 Å². The van der Waals surface area contributed by atoms with Crippen LogP contribution in [0.2, 0.25) is 0 Å². The fourth-order valence-electron chi connectivity index (χ4n) is 3.04. The monoisotopic (exact) mass is 376 g/mol. The van der Waals surface area contributed by atoms with Crippen molar-refractivity contribution in [2.45, 2.75) is 52.2 Å². The lowest BCUT2D eigenvalue weighted by Gasteiger charge is -2.41. The van der Waals surface area contributed by atoms with Crippen molar-refractivity contribution in [3.63, 3.8) is 0 Å². The second-order valence-corrected chi connectivity index (χ2v) is 7.90. The number of amides is 2. The summed E-state index contributed by atoms with van der Waals surface area (Å²) in [4.78, 5) is 32.8. The third-order valence-corrected chi connectivity index (χ3v) is 4.41. The molecule has 7 heteroatoms. The quantitative estimate of drug-likeness (QED) is 0.773. The van der Waals surface area contributed by atoms with E-state index in [1.807, 2.05) is 32.9 Å². The molecule has 0 bridgehead atoms. The average Bonchev–Trinajstić information content (AvgIpc) is 2.61. The maximum Gasteiger partial charge on any atom is 0.410 e. The molecule has 1 aliphatic rings. The van der Waals surface area contributed by atoms with Gasteiger partial charge in [0.25, 0.3) is 0 Å². The molecular formula is C20H32N4O3. The summed E-state index contributed by atoms with van der Waals surface area (Å²) in [7, 11) is 0. The summed E-state index contributed by atoms with van der Waals surface area (Å²) >= 11 is 0. The van der Waals surface area contributed by atoms with E-state index in [1.54, 1.807) is 17.3 Å². The SMILES string of the molecule is CCCCNC(=O)CN1CCN(C(=O)OC(C)(C)C)C[C@@H]1c1cccnc1. The van der Waals surface area contributed by atoms with E-state index in [0.29, 0.717) is 32.7 Å². The van der Waals surface area contributed by atoms with E-state index < -0.39 is 5.60 Å². The lowest BCUT2D eigenvalue weighted by Crippen LogP contribution is -2.53. The molecule has 1 saturated heterocycles. The first-order valence-corrected chi connectivity index (χ1v) is 9.68. The number of aromatic nitrogens is 1. The minimum atomic E-state index is -0.531. The average molecular weight is 377 g/mol. The van der Waals surface area contributed by atoms with Crippen LogP contribution < -0.4 is 5.32 Å². The Morgan fingerprint density at radius 3 is 2.74 bits per heavy atom. The Morgan fingerprint density at radius 2 is 2.11 bits per heavy atom. The van der Waals surface area contributed by atoms with Crippen molar-refractivity contribution in [2.75, 3.05) is 32.7 Å². The molecule has 0 aromatic carbocycles. The fourth-order valence-corrected chi connectivity index (χ4v) is 3.04. The second kappa shape index (κ2) is 9.69. The molecule has 0 saturated carbocycles. The van der Waals surface area contributed by atoms with Gasteiger partial charge < -0.3 is 15.0 Å². The van der Waals surface area contributed by atoms with E-state index in [4.69, 9.17) is 4.74 Å². The summed E-state index contributed by atoms with van der Waals surface area (Å²) in [6.07, 6.45) is 5.23. The largest absolute Gasteiger partial charge is 0.444 e. The van der Waals surface area contributed by atoms with Crippen LogP contribution in [-0.4, -0.2) is 65.1 Å². The van der Waals surface area contributed by atoms with E-state index in [1.165, 1.54) is 0 Å². The number of carbonyl (C=O) groups excluding carboxylic acids is 2. The highest BCUT2D eigenvalue weighted by molar-refractivity contribution is 5.78. The van der Waals surface area contributed by atoms with E-state index >= 15 is 0 Å². The van der Waals surface area contributed by atoms with Crippen molar-refractivity contribution >= 4 is 12.0 Å². The van der Waals surface area contributed by atoms with E-state index in [9.17, 15) is 9.59 Å². The van der Waals surface area contributed by atoms with Gasteiger partial charge in [0.15, 0.2) is 0 Å². The molecule has 0 aliphatic carbocycles. The van der Waals surface area contributed by atoms with Gasteiger partial charge in [-0.25, -0.2) is 4.79 Å². The molecule has 0 radical (unpaired) electrons. The molecule has 0 unspecified atom stereocenters. The van der Waals surface area contributed by atoms with Crippen LogP contribution in [0, 0.1) is 0 Å². The lowest BCUT2D eigenvalue weighted by molar-refractivity contribution is -0.123. The van der Waals surface area contributed by atoms with E-state index in [0.717, 1.165) is 18.4 Å². The molecule has 7 nitrogen and oxygen atoms in total. The number of hydrogen-bond donors (Lipinski definition) is 1. The van der Waals surface area contributed by atoms with Crippen LogP contribution in [0.1, 0.15) is 52.1 Å².